The van der Waals surface area contributed by atoms with Gasteiger partial charge in [-0.2, -0.15) is 0 Å². The Balaban J connectivity index is 1.62. The molecule has 5 nitrogen and oxygen atoms in total. The fourth-order valence-corrected chi connectivity index (χ4v) is 3.92. The van der Waals surface area contributed by atoms with Gasteiger partial charge in [0.1, 0.15) is 12.4 Å². The maximum absolute atomic E-state index is 12.7. The predicted molar refractivity (Wildman–Crippen MR) is 134 cm³/mol. The van der Waals surface area contributed by atoms with E-state index < -0.39 is 11.9 Å². The molecule has 0 bridgehead atoms. The van der Waals surface area contributed by atoms with Gasteiger partial charge >= 0.3 is 5.97 Å². The number of carboxylic acid groups (broad SMARTS) is 1. The maximum atomic E-state index is 12.7. The van der Waals surface area contributed by atoms with Gasteiger partial charge in [-0.05, 0) is 47.5 Å². The number of carbonyl (C=O) groups is 2. The predicted octanol–water partition coefficient (Wildman–Crippen LogP) is 7.19. The van der Waals surface area contributed by atoms with Crippen molar-refractivity contribution in [3.05, 3.63) is 118 Å². The highest BCUT2D eigenvalue weighted by atomic mass is 35.5. The van der Waals surface area contributed by atoms with Gasteiger partial charge in [0.05, 0.1) is 21.8 Å². The van der Waals surface area contributed by atoms with Crippen LogP contribution < -0.4 is 10.1 Å². The van der Waals surface area contributed by atoms with E-state index in [1.807, 2.05) is 54.6 Å². The Kier molecular flexibility index (Phi) is 7.16. The van der Waals surface area contributed by atoms with E-state index in [0.29, 0.717) is 22.9 Å². The zero-order chi connectivity index (χ0) is 24.1. The summed E-state index contributed by atoms with van der Waals surface area (Å²) in [6.07, 6.45) is 0. The molecule has 170 valence electrons. The number of halogens is 2. The number of carboxylic acids is 1. The van der Waals surface area contributed by atoms with Gasteiger partial charge in [-0.1, -0.05) is 77.8 Å². The van der Waals surface area contributed by atoms with Crippen molar-refractivity contribution in [2.75, 3.05) is 5.32 Å². The van der Waals surface area contributed by atoms with Gasteiger partial charge in [0.25, 0.3) is 5.91 Å². The van der Waals surface area contributed by atoms with Crippen LogP contribution in [-0.4, -0.2) is 17.0 Å². The summed E-state index contributed by atoms with van der Waals surface area (Å²) < 4.78 is 6.01. The molecule has 0 saturated carbocycles. The van der Waals surface area contributed by atoms with Crippen LogP contribution in [0.1, 0.15) is 26.3 Å². The summed E-state index contributed by atoms with van der Waals surface area (Å²) in [7, 11) is 0. The molecule has 0 radical (unpaired) electrons. The van der Waals surface area contributed by atoms with Crippen LogP contribution in [0.25, 0.3) is 11.1 Å². The number of ether oxygens (including phenoxy) is 1. The first-order valence-electron chi connectivity index (χ1n) is 10.3. The standard InChI is InChI=1S/C27H19Cl2NO4/c28-19-11-12-21(23(29)15-19)26(31)30-24-13-10-18(14-22(24)27(32)33)20-8-4-5-9-25(20)34-16-17-6-2-1-3-7-17/h1-15H,16H2,(H,30,31)(H,32,33). The lowest BCUT2D eigenvalue weighted by molar-refractivity contribution is 0.0698. The summed E-state index contributed by atoms with van der Waals surface area (Å²) >= 11 is 12.0. The second-order valence-corrected chi connectivity index (χ2v) is 8.26. The van der Waals surface area contributed by atoms with E-state index in [9.17, 15) is 14.7 Å². The normalized spacial score (nSPS) is 10.5. The van der Waals surface area contributed by atoms with Gasteiger partial charge in [-0.3, -0.25) is 4.79 Å². The second-order valence-electron chi connectivity index (χ2n) is 7.41. The lowest BCUT2D eigenvalue weighted by Crippen LogP contribution is -2.15. The minimum atomic E-state index is -1.18. The van der Waals surface area contributed by atoms with E-state index in [4.69, 9.17) is 27.9 Å². The minimum absolute atomic E-state index is 0.0613. The van der Waals surface area contributed by atoms with Crippen molar-refractivity contribution < 1.29 is 19.4 Å². The first-order chi connectivity index (χ1) is 16.4. The molecule has 0 atom stereocenters. The number of amides is 1. The molecule has 0 fully saturated rings. The Bertz CT molecular complexity index is 1360. The molecule has 1 amide bonds. The second kappa shape index (κ2) is 10.4. The molecule has 0 unspecified atom stereocenters. The minimum Gasteiger partial charge on any atom is -0.488 e. The molecule has 0 heterocycles. The molecule has 0 spiro atoms. The van der Waals surface area contributed by atoms with Crippen molar-refractivity contribution in [3.8, 4) is 16.9 Å². The van der Waals surface area contributed by atoms with Crippen LogP contribution in [-0.2, 0) is 6.61 Å². The van der Waals surface area contributed by atoms with Crippen molar-refractivity contribution in [1.29, 1.82) is 0 Å². The molecule has 0 aliphatic rings. The van der Waals surface area contributed by atoms with E-state index in [-0.39, 0.29) is 21.8 Å². The molecule has 0 aromatic heterocycles. The van der Waals surface area contributed by atoms with Crippen molar-refractivity contribution >= 4 is 40.8 Å². The summed E-state index contributed by atoms with van der Waals surface area (Å²) in [6.45, 7) is 0.375. The topological polar surface area (TPSA) is 75.6 Å². The zero-order valence-electron chi connectivity index (χ0n) is 17.8. The number of hydrogen-bond acceptors (Lipinski definition) is 3. The molecule has 4 aromatic rings. The van der Waals surface area contributed by atoms with Gasteiger partial charge in [-0.25, -0.2) is 4.79 Å². The van der Waals surface area contributed by atoms with Gasteiger partial charge < -0.3 is 15.2 Å². The van der Waals surface area contributed by atoms with Crippen LogP contribution >= 0.6 is 23.2 Å². The number of benzene rings is 4. The van der Waals surface area contributed by atoms with Gasteiger partial charge in [0.15, 0.2) is 0 Å². The van der Waals surface area contributed by atoms with Crippen molar-refractivity contribution in [1.82, 2.24) is 0 Å². The Morgan fingerprint density at radius 1 is 0.824 bits per heavy atom. The van der Waals surface area contributed by atoms with Crippen LogP contribution in [0.4, 0.5) is 5.69 Å². The lowest BCUT2D eigenvalue weighted by Gasteiger charge is -2.14. The quantitative estimate of drug-likeness (QED) is 0.286. The first kappa shape index (κ1) is 23.4. The Morgan fingerprint density at radius 2 is 1.56 bits per heavy atom. The molecule has 34 heavy (non-hydrogen) atoms. The van der Waals surface area contributed by atoms with E-state index in [1.54, 1.807) is 12.1 Å². The lowest BCUT2D eigenvalue weighted by atomic mass is 10.0. The smallest absolute Gasteiger partial charge is 0.337 e. The summed E-state index contributed by atoms with van der Waals surface area (Å²) in [5.41, 5.74) is 2.67. The fraction of sp³-hybridized carbons (Fsp3) is 0.0370. The summed E-state index contributed by atoms with van der Waals surface area (Å²) in [5, 5.41) is 13.0. The number of anilines is 1. The van der Waals surface area contributed by atoms with Crippen LogP contribution in [0.15, 0.2) is 91.0 Å². The van der Waals surface area contributed by atoms with Crippen LogP contribution in [0.2, 0.25) is 10.0 Å². The monoisotopic (exact) mass is 491 g/mol. The van der Waals surface area contributed by atoms with Gasteiger partial charge in [0, 0.05) is 10.6 Å². The van der Waals surface area contributed by atoms with Crippen LogP contribution in [0, 0.1) is 0 Å². The van der Waals surface area contributed by atoms with Crippen molar-refractivity contribution in [3.63, 3.8) is 0 Å². The maximum Gasteiger partial charge on any atom is 0.337 e. The highest BCUT2D eigenvalue weighted by molar-refractivity contribution is 6.37. The van der Waals surface area contributed by atoms with Gasteiger partial charge in [-0.15, -0.1) is 0 Å². The molecule has 0 aliphatic heterocycles. The molecule has 0 aliphatic carbocycles. The first-order valence-corrected chi connectivity index (χ1v) is 11.1. The molecule has 4 rings (SSSR count). The third kappa shape index (κ3) is 5.39. The Labute approximate surface area is 206 Å². The average Bonchev–Trinajstić information content (AvgIpc) is 2.83. The van der Waals surface area contributed by atoms with E-state index >= 15 is 0 Å². The molecule has 0 saturated heterocycles. The molecule has 4 aromatic carbocycles. The molecule has 7 heteroatoms. The highest BCUT2D eigenvalue weighted by Gasteiger charge is 2.18. The van der Waals surface area contributed by atoms with E-state index in [2.05, 4.69) is 5.32 Å². The molecular weight excluding hydrogens is 473 g/mol. The third-order valence-corrected chi connectivity index (χ3v) is 5.66. The third-order valence-electron chi connectivity index (χ3n) is 5.11. The zero-order valence-corrected chi connectivity index (χ0v) is 19.3. The Morgan fingerprint density at radius 3 is 2.29 bits per heavy atom. The number of nitrogens with one attached hydrogen (secondary N) is 1. The summed E-state index contributed by atoms with van der Waals surface area (Å²) in [5.74, 6) is -1.10. The van der Waals surface area contributed by atoms with Crippen molar-refractivity contribution in [2.45, 2.75) is 6.61 Å². The number of para-hydroxylation sites is 1. The molecule has 2 N–H and O–H groups in total. The average molecular weight is 492 g/mol. The van der Waals surface area contributed by atoms with Crippen molar-refractivity contribution in [2.24, 2.45) is 0 Å². The van der Waals surface area contributed by atoms with Crippen LogP contribution in [0.3, 0.4) is 0 Å². The Hall–Kier alpha value is -3.80. The number of rotatable bonds is 7. The van der Waals surface area contributed by atoms with Gasteiger partial charge in [0.2, 0.25) is 0 Å². The van der Waals surface area contributed by atoms with E-state index in [1.165, 1.54) is 24.3 Å². The number of carbonyl (C=O) groups excluding carboxylic acids is 1. The summed E-state index contributed by atoms with van der Waals surface area (Å²) in [6, 6.07) is 26.4. The van der Waals surface area contributed by atoms with E-state index in [0.717, 1.165) is 11.1 Å². The fourth-order valence-electron chi connectivity index (χ4n) is 3.43. The van der Waals surface area contributed by atoms with Crippen LogP contribution in [0.5, 0.6) is 5.75 Å². The molecular formula is C27H19Cl2NO4. The largest absolute Gasteiger partial charge is 0.488 e. The highest BCUT2D eigenvalue weighted by Crippen LogP contribution is 2.33. The SMILES string of the molecule is O=C(Nc1ccc(-c2ccccc2OCc2ccccc2)cc1C(=O)O)c1ccc(Cl)cc1Cl. The number of hydrogen-bond donors (Lipinski definition) is 2. The number of aromatic carboxylic acids is 1. The summed E-state index contributed by atoms with van der Waals surface area (Å²) in [4.78, 5) is 24.7.